The van der Waals surface area contributed by atoms with Crippen LogP contribution in [0, 0.1) is 13.8 Å². The van der Waals surface area contributed by atoms with Crippen molar-refractivity contribution < 1.29 is 29.6 Å². The summed E-state index contributed by atoms with van der Waals surface area (Å²) in [7, 11) is 0. The van der Waals surface area contributed by atoms with Crippen LogP contribution in [0.1, 0.15) is 24.0 Å². The van der Waals surface area contributed by atoms with E-state index < -0.39 is 11.9 Å². The summed E-state index contributed by atoms with van der Waals surface area (Å²) >= 11 is 5.97. The van der Waals surface area contributed by atoms with Crippen molar-refractivity contribution in [2.75, 3.05) is 26.3 Å². The summed E-state index contributed by atoms with van der Waals surface area (Å²) in [6.45, 7) is 6.51. The monoisotopic (exact) mass is 361 g/mol. The molecule has 1 aromatic carbocycles. The van der Waals surface area contributed by atoms with Gasteiger partial charge in [0.1, 0.15) is 5.75 Å². The van der Waals surface area contributed by atoms with Gasteiger partial charge in [-0.2, -0.15) is 0 Å². The first-order chi connectivity index (χ1) is 11.3. The third-order valence-electron chi connectivity index (χ3n) is 2.89. The Morgan fingerprint density at radius 2 is 1.62 bits per heavy atom. The number of ether oxygens (including phenoxy) is 1. The molecule has 0 bridgehead atoms. The molecule has 24 heavy (non-hydrogen) atoms. The maximum Gasteiger partial charge on any atom is 0.414 e. The largest absolute Gasteiger partial charge is 0.493 e. The van der Waals surface area contributed by atoms with Crippen LogP contribution in [0.15, 0.2) is 12.1 Å². The van der Waals surface area contributed by atoms with Crippen molar-refractivity contribution in [1.29, 1.82) is 0 Å². The Bertz CT molecular complexity index is 500. The first kappa shape index (κ1) is 22.2. The minimum atomic E-state index is -1.82. The Balaban J connectivity index is 0.000000754. The van der Waals surface area contributed by atoms with Crippen LogP contribution in [-0.4, -0.2) is 53.6 Å². The van der Waals surface area contributed by atoms with Gasteiger partial charge >= 0.3 is 11.9 Å². The van der Waals surface area contributed by atoms with Gasteiger partial charge in [0.05, 0.1) is 13.2 Å². The summed E-state index contributed by atoms with van der Waals surface area (Å²) in [6, 6.07) is 3.85. The minimum absolute atomic E-state index is 0.194. The lowest BCUT2D eigenvalue weighted by molar-refractivity contribution is -0.159. The highest BCUT2D eigenvalue weighted by Gasteiger charge is 2.05. The molecule has 0 aliphatic rings. The molecule has 0 atom stereocenters. The zero-order valence-corrected chi connectivity index (χ0v) is 14.6. The number of carbonyl (C=O) groups is 2. The predicted molar refractivity (Wildman–Crippen MR) is 90.9 cm³/mol. The second-order valence-corrected chi connectivity index (χ2v) is 5.44. The van der Waals surface area contributed by atoms with Gasteiger partial charge in [0.2, 0.25) is 0 Å². The topological polar surface area (TPSA) is 116 Å². The van der Waals surface area contributed by atoms with E-state index in [2.05, 4.69) is 5.32 Å². The highest BCUT2D eigenvalue weighted by Crippen LogP contribution is 2.27. The molecule has 0 saturated carbocycles. The van der Waals surface area contributed by atoms with E-state index in [0.717, 1.165) is 41.3 Å². The van der Waals surface area contributed by atoms with E-state index in [-0.39, 0.29) is 6.61 Å². The summed E-state index contributed by atoms with van der Waals surface area (Å²) < 4.78 is 5.79. The first-order valence-electron chi connectivity index (χ1n) is 7.47. The molecule has 0 fully saturated rings. The van der Waals surface area contributed by atoms with Crippen LogP contribution in [0.3, 0.4) is 0 Å². The van der Waals surface area contributed by atoms with Gasteiger partial charge in [-0.05, 0) is 56.5 Å². The standard InChI is InChI=1S/C14H22ClNO2.C2H2O4/c1-11-9-13(15)10-12(2)14(11)18-8-4-3-5-16-6-7-17;3-1(4)2(5)6/h9-10,16-17H,3-8H2,1-2H3;(H,3,4)(H,5,6). The number of aliphatic hydroxyl groups is 1. The molecule has 0 amide bonds. The van der Waals surface area contributed by atoms with Crippen molar-refractivity contribution in [2.45, 2.75) is 26.7 Å². The van der Waals surface area contributed by atoms with Gasteiger partial charge in [0.25, 0.3) is 0 Å². The molecule has 1 rings (SSSR count). The highest BCUT2D eigenvalue weighted by molar-refractivity contribution is 6.30. The third kappa shape index (κ3) is 10.0. The van der Waals surface area contributed by atoms with Gasteiger partial charge in [-0.15, -0.1) is 0 Å². The van der Waals surface area contributed by atoms with Crippen molar-refractivity contribution in [1.82, 2.24) is 5.32 Å². The first-order valence-corrected chi connectivity index (χ1v) is 7.84. The molecule has 0 heterocycles. The number of aryl methyl sites for hydroxylation is 2. The van der Waals surface area contributed by atoms with Crippen LogP contribution in [0.2, 0.25) is 5.02 Å². The maximum absolute atomic E-state index is 9.10. The molecule has 0 unspecified atom stereocenters. The third-order valence-corrected chi connectivity index (χ3v) is 3.11. The number of aliphatic carboxylic acids is 2. The minimum Gasteiger partial charge on any atom is -0.493 e. The molecule has 7 nitrogen and oxygen atoms in total. The van der Waals surface area contributed by atoms with E-state index in [0.29, 0.717) is 13.2 Å². The number of nitrogens with one attached hydrogen (secondary N) is 1. The molecule has 0 aliphatic heterocycles. The fourth-order valence-corrected chi connectivity index (χ4v) is 2.18. The van der Waals surface area contributed by atoms with Crippen molar-refractivity contribution >= 4 is 23.5 Å². The number of hydrogen-bond donors (Lipinski definition) is 4. The van der Waals surface area contributed by atoms with Crippen LogP contribution < -0.4 is 10.1 Å². The Kier molecular flexibility index (Phi) is 11.6. The molecular weight excluding hydrogens is 338 g/mol. The maximum atomic E-state index is 9.10. The zero-order valence-electron chi connectivity index (χ0n) is 13.8. The van der Waals surface area contributed by atoms with Crippen molar-refractivity contribution in [3.05, 3.63) is 28.3 Å². The smallest absolute Gasteiger partial charge is 0.414 e. The van der Waals surface area contributed by atoms with Gasteiger partial charge in [0.15, 0.2) is 0 Å². The molecule has 0 spiro atoms. The van der Waals surface area contributed by atoms with E-state index in [1.165, 1.54) is 0 Å². The van der Waals surface area contributed by atoms with Gasteiger partial charge in [-0.25, -0.2) is 9.59 Å². The predicted octanol–water partition coefficient (Wildman–Crippen LogP) is 1.85. The van der Waals surface area contributed by atoms with Gasteiger partial charge < -0.3 is 25.4 Å². The van der Waals surface area contributed by atoms with Crippen LogP contribution in [0.5, 0.6) is 5.75 Å². The molecule has 4 N–H and O–H groups in total. The summed E-state index contributed by atoms with van der Waals surface area (Å²) in [5.74, 6) is -2.70. The Morgan fingerprint density at radius 3 is 2.08 bits per heavy atom. The molecule has 1 aromatic rings. The lowest BCUT2D eigenvalue weighted by atomic mass is 10.1. The number of rotatable bonds is 8. The van der Waals surface area contributed by atoms with Gasteiger partial charge in [-0.1, -0.05) is 11.6 Å². The summed E-state index contributed by atoms with van der Waals surface area (Å²) in [5.41, 5.74) is 2.16. The van der Waals surface area contributed by atoms with Gasteiger partial charge in [-0.3, -0.25) is 0 Å². The number of unbranched alkanes of at least 4 members (excludes halogenated alkanes) is 1. The average Bonchev–Trinajstić information content (AvgIpc) is 2.49. The Labute approximate surface area is 146 Å². The second kappa shape index (κ2) is 12.6. The lowest BCUT2D eigenvalue weighted by Gasteiger charge is -2.12. The number of carboxylic acids is 2. The Hall–Kier alpha value is -1.83. The molecule has 0 aliphatic carbocycles. The number of hydrogen-bond acceptors (Lipinski definition) is 5. The van der Waals surface area contributed by atoms with E-state index in [1.54, 1.807) is 0 Å². The molecular formula is C16H24ClNO6. The number of halogens is 1. The van der Waals surface area contributed by atoms with Crippen LogP contribution in [-0.2, 0) is 9.59 Å². The van der Waals surface area contributed by atoms with Crippen molar-refractivity contribution in [3.63, 3.8) is 0 Å². The van der Waals surface area contributed by atoms with Gasteiger partial charge in [0, 0.05) is 11.6 Å². The molecule has 0 radical (unpaired) electrons. The quantitative estimate of drug-likeness (QED) is 0.412. The van der Waals surface area contributed by atoms with E-state index in [1.807, 2.05) is 26.0 Å². The molecule has 0 aromatic heterocycles. The molecule has 0 saturated heterocycles. The van der Waals surface area contributed by atoms with E-state index in [9.17, 15) is 0 Å². The summed E-state index contributed by atoms with van der Waals surface area (Å²) in [4.78, 5) is 18.2. The number of carboxylic acid groups (broad SMARTS) is 2. The number of aliphatic hydroxyl groups excluding tert-OH is 1. The van der Waals surface area contributed by atoms with E-state index >= 15 is 0 Å². The molecule has 136 valence electrons. The fourth-order valence-electron chi connectivity index (χ4n) is 1.86. The second-order valence-electron chi connectivity index (χ2n) is 5.01. The van der Waals surface area contributed by atoms with Crippen LogP contribution in [0.4, 0.5) is 0 Å². The van der Waals surface area contributed by atoms with E-state index in [4.69, 9.17) is 41.2 Å². The van der Waals surface area contributed by atoms with Crippen molar-refractivity contribution in [2.24, 2.45) is 0 Å². The molecule has 8 heteroatoms. The lowest BCUT2D eigenvalue weighted by Crippen LogP contribution is -2.19. The number of benzene rings is 1. The summed E-state index contributed by atoms with van der Waals surface area (Å²) in [5, 5.41) is 27.3. The zero-order chi connectivity index (χ0) is 18.5. The SMILES string of the molecule is Cc1cc(Cl)cc(C)c1OCCCCNCCO.O=C(O)C(=O)O. The van der Waals surface area contributed by atoms with Crippen LogP contribution in [0.25, 0.3) is 0 Å². The van der Waals surface area contributed by atoms with Crippen LogP contribution >= 0.6 is 11.6 Å². The average molecular weight is 362 g/mol. The fraction of sp³-hybridized carbons (Fsp3) is 0.500. The highest BCUT2D eigenvalue weighted by atomic mass is 35.5. The Morgan fingerprint density at radius 1 is 1.08 bits per heavy atom. The normalized spacial score (nSPS) is 9.83. The summed E-state index contributed by atoms with van der Waals surface area (Å²) in [6.07, 6.45) is 2.05. The van der Waals surface area contributed by atoms with Crippen molar-refractivity contribution in [3.8, 4) is 5.75 Å².